The summed E-state index contributed by atoms with van der Waals surface area (Å²) in [5.41, 5.74) is 0. The second-order valence-corrected chi connectivity index (χ2v) is 2.18. The molecule has 0 nitrogen and oxygen atoms in total. The first kappa shape index (κ1) is 2.52. The lowest BCUT2D eigenvalue weighted by Crippen LogP contribution is -1.99. The van der Waals surface area contributed by atoms with Crippen LogP contribution in [0.2, 0.25) is 0 Å². The molecular weight excluding hydrogens is 84.1 g/mol. The van der Waals surface area contributed by atoms with Gasteiger partial charge in [0.1, 0.15) is 0 Å². The molecule has 1 fully saturated rings. The van der Waals surface area contributed by atoms with Crippen LogP contribution in [0.5, 0.6) is 0 Å². The maximum Gasteiger partial charge on any atom is 0.0269 e. The summed E-state index contributed by atoms with van der Waals surface area (Å²) in [5, 5.41) is 0. The van der Waals surface area contributed by atoms with Crippen LogP contribution in [0, 0.1) is 5.92 Å². The molecule has 0 radical (unpaired) electrons. The second-order valence-electron chi connectivity index (χ2n) is 2.18. The van der Waals surface area contributed by atoms with Crippen molar-refractivity contribution in [2.24, 2.45) is 5.92 Å². The monoisotopic (exact) mass is 104 g/mol. The molecule has 0 spiro atoms. The van der Waals surface area contributed by atoms with E-state index in [2.05, 4.69) is 0 Å². The van der Waals surface area contributed by atoms with Crippen LogP contribution in [0.15, 0.2) is 0 Å². The Hall–Kier alpha value is 0. The minimum absolute atomic E-state index is 0.307. The Balaban J connectivity index is 2.52. The summed E-state index contributed by atoms with van der Waals surface area (Å²) < 4.78 is 22.3. The zero-order valence-corrected chi connectivity index (χ0v) is 4.72. The maximum atomic E-state index is 7.51. The van der Waals surface area contributed by atoms with E-state index >= 15 is 0 Å². The Labute approximate surface area is 50.1 Å². The van der Waals surface area contributed by atoms with Crippen molar-refractivity contribution in [3.8, 4) is 0 Å². The molecule has 1 saturated carbocycles. The van der Waals surface area contributed by atoms with E-state index in [-0.39, 0.29) is 12.8 Å². The first-order valence-electron chi connectivity index (χ1n) is 4.63. The van der Waals surface area contributed by atoms with Crippen molar-refractivity contribution in [3.63, 3.8) is 0 Å². The molecule has 0 aromatic carbocycles. The van der Waals surface area contributed by atoms with Crippen molar-refractivity contribution in [2.75, 3.05) is 0 Å². The summed E-state index contributed by atoms with van der Waals surface area (Å²) in [4.78, 5) is 0. The highest BCUT2D eigenvalue weighted by atomic mass is 14.1. The predicted octanol–water partition coefficient (Wildman–Crippen LogP) is 2.59. The molecule has 0 heteroatoms. The average Bonchev–Trinajstić information content (AvgIpc) is 1.93. The first-order valence-corrected chi connectivity index (χ1v) is 2.89. The van der Waals surface area contributed by atoms with Gasteiger partial charge in [-0.2, -0.15) is 0 Å². The lowest BCUT2D eigenvalue weighted by atomic mass is 9.91. The van der Waals surface area contributed by atoms with Crippen LogP contribution >= 0.6 is 0 Å². The fourth-order valence-electron chi connectivity index (χ4n) is 0.820. The van der Waals surface area contributed by atoms with Gasteiger partial charge in [0, 0.05) is 4.11 Å². The molecule has 1 rings (SSSR count). The summed E-state index contributed by atoms with van der Waals surface area (Å²) in [6.07, 6.45) is 0.668. The summed E-state index contributed by atoms with van der Waals surface area (Å²) in [6, 6.07) is 0. The van der Waals surface area contributed by atoms with Crippen molar-refractivity contribution in [1.29, 1.82) is 0 Å². The molecule has 1 aliphatic rings. The van der Waals surface area contributed by atoms with Crippen LogP contribution in [-0.4, -0.2) is 0 Å². The van der Waals surface area contributed by atoms with Gasteiger partial charge in [0.25, 0.3) is 0 Å². The van der Waals surface area contributed by atoms with Crippen LogP contribution in [-0.2, 0) is 0 Å². The summed E-state index contributed by atoms with van der Waals surface area (Å²) >= 11 is 0. The fourth-order valence-corrected chi connectivity index (χ4v) is 0.820. The van der Waals surface area contributed by atoms with Gasteiger partial charge in [0.2, 0.25) is 0 Å². The third-order valence-electron chi connectivity index (χ3n) is 1.36. The van der Waals surface area contributed by atoms with Gasteiger partial charge in [0.15, 0.2) is 0 Å². The highest BCUT2D eigenvalue weighted by Crippen LogP contribution is 2.21. The highest BCUT2D eigenvalue weighted by Gasteiger charge is 2.05. The predicted molar refractivity (Wildman–Crippen MR) is 32.2 cm³/mol. The minimum Gasteiger partial charge on any atom is -0.0625 e. The van der Waals surface area contributed by atoms with E-state index in [4.69, 9.17) is 4.11 Å². The van der Waals surface area contributed by atoms with Gasteiger partial charge in [-0.15, -0.1) is 0 Å². The minimum atomic E-state index is -0.469. The van der Waals surface area contributed by atoms with Gasteiger partial charge < -0.3 is 0 Å². The average molecular weight is 104 g/mol. The number of hydrogen-bond donors (Lipinski definition) is 0. The van der Waals surface area contributed by atoms with Crippen LogP contribution in [0.3, 0.4) is 0 Å². The van der Waals surface area contributed by atoms with Crippen molar-refractivity contribution in [3.05, 3.63) is 0 Å². The molecule has 0 amide bonds. The van der Waals surface area contributed by atoms with Crippen LogP contribution in [0.1, 0.15) is 43.1 Å². The van der Waals surface area contributed by atoms with Crippen LogP contribution in [0.25, 0.3) is 0 Å². The van der Waals surface area contributed by atoms with Gasteiger partial charge in [-0.05, 0) is 5.92 Å². The normalized spacial score (nSPS) is 70.7. The molecule has 0 aliphatic heterocycles. The quantitative estimate of drug-likeness (QED) is 0.443. The molecule has 42 valence electrons. The topological polar surface area (TPSA) is 0 Å². The number of rotatable bonds is 0. The smallest absolute Gasteiger partial charge is 0.0269 e. The molecule has 0 aromatic rings. The van der Waals surface area contributed by atoms with Crippen LogP contribution in [0.4, 0.5) is 0 Å². The highest BCUT2D eigenvalue weighted by molar-refractivity contribution is 4.59. The van der Waals surface area contributed by atoms with E-state index in [1.807, 2.05) is 6.92 Å². The van der Waals surface area contributed by atoms with Crippen LogP contribution < -0.4 is 0 Å². The molecule has 4 unspecified atom stereocenters. The van der Waals surface area contributed by atoms with Gasteiger partial charge in [-0.25, -0.2) is 0 Å². The molecule has 1 aliphatic carbocycles. The van der Waals surface area contributed by atoms with E-state index in [0.717, 1.165) is 12.8 Å². The molecule has 0 bridgehead atoms. The van der Waals surface area contributed by atoms with Gasteiger partial charge in [0.05, 0.1) is 0 Å². The molecule has 0 heterocycles. The van der Waals surface area contributed by atoms with E-state index in [1.54, 1.807) is 0 Å². The third-order valence-corrected chi connectivity index (χ3v) is 1.36. The van der Waals surface area contributed by atoms with E-state index in [9.17, 15) is 0 Å². The zero-order chi connectivity index (χ0) is 7.72. The molecule has 0 aromatic heterocycles. The SMILES string of the molecule is [3H]C1CCC(C)C([3H])C1[3H]. The van der Waals surface area contributed by atoms with Gasteiger partial charge in [-0.1, -0.05) is 39.0 Å². The maximum absolute atomic E-state index is 7.51. The van der Waals surface area contributed by atoms with Crippen molar-refractivity contribution in [2.45, 2.75) is 39.0 Å². The zero-order valence-electron chi connectivity index (χ0n) is 7.72. The summed E-state index contributed by atoms with van der Waals surface area (Å²) in [6.45, 7) is 2.01. The third kappa shape index (κ3) is 1.50. The lowest BCUT2D eigenvalue weighted by Gasteiger charge is -2.15. The molecule has 4 atom stereocenters. The molecule has 7 heavy (non-hydrogen) atoms. The Morgan fingerprint density at radius 2 is 2.43 bits per heavy atom. The van der Waals surface area contributed by atoms with Gasteiger partial charge in [-0.3, -0.25) is 0 Å². The fraction of sp³-hybridized carbons (Fsp3) is 1.00. The molecule has 0 saturated heterocycles. The number of hydrogen-bond acceptors (Lipinski definition) is 0. The summed E-state index contributed by atoms with van der Waals surface area (Å²) in [7, 11) is 0. The van der Waals surface area contributed by atoms with Gasteiger partial charge >= 0.3 is 0 Å². The lowest BCUT2D eigenvalue weighted by molar-refractivity contribution is 0.385. The van der Waals surface area contributed by atoms with Crippen molar-refractivity contribution < 1.29 is 4.11 Å². The Kier molecular flexibility index (Phi) is 0.844. The molecular formula is C7H14. The Morgan fingerprint density at radius 3 is 3.14 bits per heavy atom. The molecule has 0 N–H and O–H groups in total. The van der Waals surface area contributed by atoms with Crippen molar-refractivity contribution in [1.82, 2.24) is 0 Å². The second kappa shape index (κ2) is 2.34. The Bertz CT molecular complexity index is 101. The van der Waals surface area contributed by atoms with Crippen molar-refractivity contribution >= 4 is 0 Å². The van der Waals surface area contributed by atoms with E-state index in [0.29, 0.717) is 5.92 Å². The van der Waals surface area contributed by atoms with E-state index in [1.165, 1.54) is 0 Å². The largest absolute Gasteiger partial charge is 0.0625 e. The van der Waals surface area contributed by atoms with E-state index < -0.39 is 6.40 Å². The first-order chi connectivity index (χ1) is 4.63. The standard InChI is InChI=1S/C7H14/c1-7-5-3-2-4-6-7/h7H,2-6H2,1H3/i2T,3T,5T. The summed E-state index contributed by atoms with van der Waals surface area (Å²) in [5.74, 6) is 0.323. The Morgan fingerprint density at radius 1 is 1.57 bits per heavy atom.